The Kier molecular flexibility index (Phi) is 6.31. The number of hydrogen-bond acceptors (Lipinski definition) is 2. The second kappa shape index (κ2) is 8.67. The lowest BCUT2D eigenvalue weighted by Gasteiger charge is -2.18. The molecule has 0 aliphatic heterocycles. The van der Waals surface area contributed by atoms with Gasteiger partial charge in [0.15, 0.2) is 5.96 Å². The highest BCUT2D eigenvalue weighted by Gasteiger charge is 2.09. The predicted octanol–water partition coefficient (Wildman–Crippen LogP) is 2.69. The first kappa shape index (κ1) is 17.5. The fourth-order valence-corrected chi connectivity index (χ4v) is 2.13. The molecule has 1 unspecified atom stereocenters. The minimum Gasteiger partial charge on any atom is -0.350 e. The SMILES string of the molecule is CN=C(NCC(=O)Nc1ccc(F)cc1)NC(C)c1ccccc1. The van der Waals surface area contributed by atoms with E-state index in [1.165, 1.54) is 24.3 Å². The molecule has 5 nitrogen and oxygen atoms in total. The Morgan fingerprint density at radius 3 is 2.42 bits per heavy atom. The molecule has 2 aromatic carbocycles. The van der Waals surface area contributed by atoms with Crippen LogP contribution < -0.4 is 16.0 Å². The van der Waals surface area contributed by atoms with E-state index in [0.717, 1.165) is 5.56 Å². The Hall–Kier alpha value is -2.89. The average molecular weight is 328 g/mol. The highest BCUT2D eigenvalue weighted by molar-refractivity contribution is 5.95. The van der Waals surface area contributed by atoms with Gasteiger partial charge in [-0.15, -0.1) is 0 Å². The summed E-state index contributed by atoms with van der Waals surface area (Å²) in [4.78, 5) is 16.0. The lowest BCUT2D eigenvalue weighted by atomic mass is 10.1. The van der Waals surface area contributed by atoms with Crippen LogP contribution in [-0.2, 0) is 4.79 Å². The fourth-order valence-electron chi connectivity index (χ4n) is 2.13. The van der Waals surface area contributed by atoms with E-state index in [2.05, 4.69) is 20.9 Å². The minimum absolute atomic E-state index is 0.0533. The van der Waals surface area contributed by atoms with E-state index >= 15 is 0 Å². The van der Waals surface area contributed by atoms with Crippen molar-refractivity contribution in [1.82, 2.24) is 10.6 Å². The van der Waals surface area contributed by atoms with Crippen molar-refractivity contribution in [3.05, 3.63) is 66.0 Å². The summed E-state index contributed by atoms with van der Waals surface area (Å²) in [6, 6.07) is 15.6. The number of aliphatic imine (C=N–C) groups is 1. The zero-order valence-electron chi connectivity index (χ0n) is 13.7. The Balaban J connectivity index is 1.82. The number of nitrogens with zero attached hydrogens (tertiary/aromatic N) is 1. The topological polar surface area (TPSA) is 65.5 Å². The third-order valence-electron chi connectivity index (χ3n) is 3.42. The van der Waals surface area contributed by atoms with Gasteiger partial charge < -0.3 is 16.0 Å². The van der Waals surface area contributed by atoms with Gasteiger partial charge in [0.2, 0.25) is 5.91 Å². The van der Waals surface area contributed by atoms with E-state index < -0.39 is 0 Å². The maximum Gasteiger partial charge on any atom is 0.243 e. The summed E-state index contributed by atoms with van der Waals surface area (Å²) in [6.07, 6.45) is 0. The predicted molar refractivity (Wildman–Crippen MR) is 94.4 cm³/mol. The van der Waals surface area contributed by atoms with E-state index in [1.807, 2.05) is 37.3 Å². The monoisotopic (exact) mass is 328 g/mol. The Labute approximate surface area is 141 Å². The third-order valence-corrected chi connectivity index (χ3v) is 3.42. The van der Waals surface area contributed by atoms with Crippen molar-refractivity contribution < 1.29 is 9.18 Å². The average Bonchev–Trinajstić information content (AvgIpc) is 2.61. The molecule has 0 aromatic heterocycles. The van der Waals surface area contributed by atoms with Crippen molar-refractivity contribution in [2.75, 3.05) is 18.9 Å². The van der Waals surface area contributed by atoms with Crippen molar-refractivity contribution in [3.8, 4) is 0 Å². The smallest absolute Gasteiger partial charge is 0.243 e. The van der Waals surface area contributed by atoms with Crippen molar-refractivity contribution >= 4 is 17.6 Å². The van der Waals surface area contributed by atoms with Gasteiger partial charge in [-0.05, 0) is 36.8 Å². The highest BCUT2D eigenvalue weighted by Crippen LogP contribution is 2.10. The van der Waals surface area contributed by atoms with Crippen molar-refractivity contribution in [3.63, 3.8) is 0 Å². The van der Waals surface area contributed by atoms with E-state index in [9.17, 15) is 9.18 Å². The number of anilines is 1. The van der Waals surface area contributed by atoms with Gasteiger partial charge in [0.25, 0.3) is 0 Å². The normalized spacial score (nSPS) is 12.4. The van der Waals surface area contributed by atoms with Crippen LogP contribution in [0.3, 0.4) is 0 Å². The number of nitrogens with one attached hydrogen (secondary N) is 3. The lowest BCUT2D eigenvalue weighted by molar-refractivity contribution is -0.115. The second-order valence-electron chi connectivity index (χ2n) is 5.26. The Bertz CT molecular complexity index is 686. The van der Waals surface area contributed by atoms with Gasteiger partial charge in [-0.25, -0.2) is 4.39 Å². The first-order chi connectivity index (χ1) is 11.6. The molecule has 126 valence electrons. The summed E-state index contributed by atoms with van der Waals surface area (Å²) in [5.41, 5.74) is 1.67. The number of hydrogen-bond donors (Lipinski definition) is 3. The van der Waals surface area contributed by atoms with Crippen molar-refractivity contribution in [1.29, 1.82) is 0 Å². The lowest BCUT2D eigenvalue weighted by Crippen LogP contribution is -2.42. The fraction of sp³-hybridized carbons (Fsp3) is 0.222. The first-order valence-corrected chi connectivity index (χ1v) is 7.66. The molecule has 0 bridgehead atoms. The molecule has 1 atom stereocenters. The van der Waals surface area contributed by atoms with E-state index in [4.69, 9.17) is 0 Å². The molecule has 2 aromatic rings. The van der Waals surface area contributed by atoms with Gasteiger partial charge in [-0.2, -0.15) is 0 Å². The van der Waals surface area contributed by atoms with E-state index in [0.29, 0.717) is 11.6 Å². The van der Waals surface area contributed by atoms with E-state index in [-0.39, 0.29) is 24.3 Å². The molecule has 1 amide bonds. The largest absolute Gasteiger partial charge is 0.350 e. The molecule has 0 heterocycles. The number of rotatable bonds is 5. The second-order valence-corrected chi connectivity index (χ2v) is 5.26. The van der Waals surface area contributed by atoms with Crippen LogP contribution in [0, 0.1) is 5.82 Å². The summed E-state index contributed by atoms with van der Waals surface area (Å²) in [5, 5.41) is 8.86. The molecule has 0 spiro atoms. The molecule has 6 heteroatoms. The quantitative estimate of drug-likeness (QED) is 0.584. The highest BCUT2D eigenvalue weighted by atomic mass is 19.1. The number of benzene rings is 2. The van der Waals surface area contributed by atoms with Crippen LogP contribution >= 0.6 is 0 Å². The molecule has 0 saturated carbocycles. The number of guanidine groups is 1. The maximum absolute atomic E-state index is 12.8. The van der Waals surface area contributed by atoms with Crippen LogP contribution in [0.4, 0.5) is 10.1 Å². The zero-order valence-corrected chi connectivity index (χ0v) is 13.7. The molecular formula is C18H21FN4O. The minimum atomic E-state index is -0.342. The molecule has 0 aliphatic carbocycles. The van der Waals surface area contributed by atoms with E-state index in [1.54, 1.807) is 7.05 Å². The maximum atomic E-state index is 12.8. The number of carbonyl (C=O) groups excluding carboxylic acids is 1. The summed E-state index contributed by atoms with van der Waals surface area (Å²) in [6.45, 7) is 2.07. The molecule has 3 N–H and O–H groups in total. The van der Waals surface area contributed by atoms with Crippen LogP contribution in [0.5, 0.6) is 0 Å². The van der Waals surface area contributed by atoms with Crippen molar-refractivity contribution in [2.45, 2.75) is 13.0 Å². The van der Waals surface area contributed by atoms with Gasteiger partial charge in [0, 0.05) is 12.7 Å². The molecule has 24 heavy (non-hydrogen) atoms. The van der Waals surface area contributed by atoms with Gasteiger partial charge >= 0.3 is 0 Å². The molecule has 0 fully saturated rings. The van der Waals surface area contributed by atoms with Gasteiger partial charge in [0.05, 0.1) is 12.6 Å². The van der Waals surface area contributed by atoms with Gasteiger partial charge in [0.1, 0.15) is 5.82 Å². The van der Waals surface area contributed by atoms with Crippen LogP contribution in [0.25, 0.3) is 0 Å². The molecule has 0 aliphatic rings. The molecular weight excluding hydrogens is 307 g/mol. The molecule has 0 radical (unpaired) electrons. The zero-order chi connectivity index (χ0) is 17.4. The van der Waals surface area contributed by atoms with Gasteiger partial charge in [-0.1, -0.05) is 30.3 Å². The Morgan fingerprint density at radius 2 is 1.79 bits per heavy atom. The Morgan fingerprint density at radius 1 is 1.12 bits per heavy atom. The third kappa shape index (κ3) is 5.39. The summed E-state index contributed by atoms with van der Waals surface area (Å²) in [7, 11) is 1.64. The van der Waals surface area contributed by atoms with Gasteiger partial charge in [-0.3, -0.25) is 9.79 Å². The summed E-state index contributed by atoms with van der Waals surface area (Å²) >= 11 is 0. The number of halogens is 1. The van der Waals surface area contributed by atoms with Crippen LogP contribution in [0.1, 0.15) is 18.5 Å². The molecule has 2 rings (SSSR count). The number of carbonyl (C=O) groups is 1. The summed E-state index contributed by atoms with van der Waals surface area (Å²) in [5.74, 6) is -0.0526. The number of amides is 1. The van der Waals surface area contributed by atoms with Crippen molar-refractivity contribution in [2.24, 2.45) is 4.99 Å². The first-order valence-electron chi connectivity index (χ1n) is 7.66. The standard InChI is InChI=1S/C18H21FN4O/c1-13(14-6-4-3-5-7-14)22-18(20-2)21-12-17(24)23-16-10-8-15(19)9-11-16/h3-11,13H,12H2,1-2H3,(H,23,24)(H2,20,21,22). The van der Waals surface area contributed by atoms with Crippen LogP contribution in [0.15, 0.2) is 59.6 Å². The van der Waals surface area contributed by atoms with Crippen LogP contribution in [-0.4, -0.2) is 25.5 Å². The summed E-state index contributed by atoms with van der Waals surface area (Å²) < 4.78 is 12.8. The van der Waals surface area contributed by atoms with Crippen LogP contribution in [0.2, 0.25) is 0 Å². The molecule has 0 saturated heterocycles.